The Morgan fingerprint density at radius 2 is 1.81 bits per heavy atom. The molecule has 0 bridgehead atoms. The molecule has 1 unspecified atom stereocenters. The van der Waals surface area contributed by atoms with E-state index in [2.05, 4.69) is 6.07 Å². The molecule has 0 saturated carbocycles. The molecule has 0 heterocycles. The van der Waals surface area contributed by atoms with E-state index in [0.717, 1.165) is 17.4 Å². The molecule has 0 aromatic heterocycles. The first-order valence-corrected chi connectivity index (χ1v) is 10.3. The van der Waals surface area contributed by atoms with Crippen LogP contribution in [-0.2, 0) is 14.8 Å². The number of hydrogen-bond acceptors (Lipinski definition) is 5. The van der Waals surface area contributed by atoms with Crippen molar-refractivity contribution in [2.45, 2.75) is 32.5 Å². The second-order valence-electron chi connectivity index (χ2n) is 7.20. The van der Waals surface area contributed by atoms with Crippen molar-refractivity contribution in [3.8, 4) is 11.1 Å². The maximum absolute atomic E-state index is 12.2. The summed E-state index contributed by atoms with van der Waals surface area (Å²) in [6.07, 6.45) is -1.29. The molecular weight excluding hydrogens is 366 g/mol. The molecule has 1 N–H and O–H groups in total. The molecule has 0 aliphatic carbocycles. The van der Waals surface area contributed by atoms with Gasteiger partial charge in [0.25, 0.3) is 0 Å². The number of aliphatic hydroxyl groups excluding tert-OH is 1. The Labute approximate surface area is 160 Å². The zero-order chi connectivity index (χ0) is 20.2. The van der Waals surface area contributed by atoms with Gasteiger partial charge < -0.3 is 9.84 Å². The second-order valence-corrected chi connectivity index (χ2v) is 9.11. The molecule has 6 nitrogen and oxygen atoms in total. The first-order chi connectivity index (χ1) is 12.5. The highest BCUT2D eigenvalue weighted by molar-refractivity contribution is 7.88. The molecule has 1 amide bonds. The first kappa shape index (κ1) is 20.9. The summed E-state index contributed by atoms with van der Waals surface area (Å²) in [7, 11) is -3.90. The number of rotatable bonds is 5. The van der Waals surface area contributed by atoms with Gasteiger partial charge in [0.05, 0.1) is 18.9 Å². The van der Waals surface area contributed by atoms with Gasteiger partial charge in [-0.1, -0.05) is 42.5 Å². The molecule has 145 valence electrons. The molecule has 1 radical (unpaired) electrons. The van der Waals surface area contributed by atoms with E-state index in [1.54, 1.807) is 39.0 Å². The number of sulfonamides is 1. The molecule has 0 spiro atoms. The van der Waals surface area contributed by atoms with Crippen molar-refractivity contribution < 1.29 is 23.1 Å². The Morgan fingerprint density at radius 3 is 2.30 bits per heavy atom. The minimum absolute atomic E-state index is 0.424. The van der Waals surface area contributed by atoms with Crippen LogP contribution < -0.4 is 0 Å². The largest absolute Gasteiger partial charge is 0.443 e. The highest BCUT2D eigenvalue weighted by Crippen LogP contribution is 2.23. The van der Waals surface area contributed by atoms with Crippen LogP contribution in [0.15, 0.2) is 48.5 Å². The molecule has 0 aliphatic heterocycles. The van der Waals surface area contributed by atoms with Crippen LogP contribution in [0.1, 0.15) is 32.4 Å². The highest BCUT2D eigenvalue weighted by atomic mass is 32.2. The van der Waals surface area contributed by atoms with E-state index in [-0.39, 0.29) is 0 Å². The fraction of sp³-hybridized carbons (Fsp3) is 0.350. The number of benzene rings is 2. The summed E-state index contributed by atoms with van der Waals surface area (Å²) in [4.78, 5) is 12.2. The van der Waals surface area contributed by atoms with Crippen LogP contribution in [0, 0.1) is 6.07 Å². The Bertz CT molecular complexity index is 871. The summed E-state index contributed by atoms with van der Waals surface area (Å²) in [5.41, 5.74) is 1.56. The van der Waals surface area contributed by atoms with Crippen molar-refractivity contribution in [2.75, 3.05) is 12.8 Å². The lowest BCUT2D eigenvalue weighted by molar-refractivity contribution is 0.0322. The van der Waals surface area contributed by atoms with E-state index in [9.17, 15) is 18.3 Å². The summed E-state index contributed by atoms with van der Waals surface area (Å²) >= 11 is 0. The predicted molar refractivity (Wildman–Crippen MR) is 103 cm³/mol. The van der Waals surface area contributed by atoms with Gasteiger partial charge in [-0.2, -0.15) is 0 Å². The average Bonchev–Trinajstić information content (AvgIpc) is 2.57. The fourth-order valence-corrected chi connectivity index (χ4v) is 3.11. The van der Waals surface area contributed by atoms with Crippen LogP contribution in [-0.4, -0.2) is 42.3 Å². The number of ether oxygens (including phenoxy) is 1. The Kier molecular flexibility index (Phi) is 6.28. The normalized spacial score (nSPS) is 13.1. The van der Waals surface area contributed by atoms with E-state index in [1.807, 2.05) is 30.3 Å². The van der Waals surface area contributed by atoms with Gasteiger partial charge in [-0.15, -0.1) is 0 Å². The number of nitrogens with zero attached hydrogens (tertiary/aromatic N) is 1. The van der Waals surface area contributed by atoms with Crippen molar-refractivity contribution in [3.05, 3.63) is 60.2 Å². The standard InChI is InChI=1S/C20H24NO5S/c1-20(2,3)26-19(23)21(27(4,24)25)14-18(22)17-12-10-16(11-13-17)15-8-6-5-7-9-15/h5-6,8-13,18,22H,14H2,1-4H3. The van der Waals surface area contributed by atoms with Crippen molar-refractivity contribution in [1.29, 1.82) is 0 Å². The molecule has 2 rings (SSSR count). The van der Waals surface area contributed by atoms with Gasteiger partial charge >= 0.3 is 6.09 Å². The summed E-state index contributed by atoms with van der Waals surface area (Å²) < 4.78 is 29.6. The van der Waals surface area contributed by atoms with Crippen molar-refractivity contribution in [3.63, 3.8) is 0 Å². The van der Waals surface area contributed by atoms with Crippen molar-refractivity contribution in [2.24, 2.45) is 0 Å². The number of aliphatic hydroxyl groups is 1. The van der Waals surface area contributed by atoms with E-state index < -0.39 is 34.4 Å². The van der Waals surface area contributed by atoms with Gasteiger partial charge in [-0.25, -0.2) is 17.5 Å². The molecule has 0 saturated heterocycles. The number of carbonyl (C=O) groups excluding carboxylic acids is 1. The molecular formula is C20H24NO5S. The smallest absolute Gasteiger partial charge is 0.424 e. The fourth-order valence-electron chi connectivity index (χ4n) is 2.39. The van der Waals surface area contributed by atoms with Crippen LogP contribution in [0.5, 0.6) is 0 Å². The molecule has 2 aromatic rings. The summed E-state index contributed by atoms with van der Waals surface area (Å²) in [6.45, 7) is 4.50. The average molecular weight is 390 g/mol. The Morgan fingerprint density at radius 1 is 1.19 bits per heavy atom. The first-order valence-electron chi connectivity index (χ1n) is 8.42. The SMILES string of the molecule is CC(C)(C)OC(=O)N(CC(O)c1ccc(-c2c[c]ccc2)cc1)S(C)(=O)=O. The van der Waals surface area contributed by atoms with Crippen molar-refractivity contribution in [1.82, 2.24) is 4.31 Å². The van der Waals surface area contributed by atoms with Gasteiger partial charge in [-0.05, 0) is 49.6 Å². The van der Waals surface area contributed by atoms with Crippen LogP contribution in [0.4, 0.5) is 4.79 Å². The predicted octanol–water partition coefficient (Wildman–Crippen LogP) is 3.38. The van der Waals surface area contributed by atoms with Gasteiger partial charge in [-0.3, -0.25) is 0 Å². The highest BCUT2D eigenvalue weighted by Gasteiger charge is 2.30. The zero-order valence-electron chi connectivity index (χ0n) is 15.8. The maximum Gasteiger partial charge on any atom is 0.424 e. The number of amides is 1. The molecule has 0 fully saturated rings. The van der Waals surface area contributed by atoms with Gasteiger partial charge in [0, 0.05) is 0 Å². The maximum atomic E-state index is 12.2. The van der Waals surface area contributed by atoms with Crippen LogP contribution in [0.3, 0.4) is 0 Å². The summed E-state index contributed by atoms with van der Waals surface area (Å²) in [6, 6.07) is 17.5. The summed E-state index contributed by atoms with van der Waals surface area (Å²) in [5, 5.41) is 10.4. The second kappa shape index (κ2) is 8.10. The zero-order valence-corrected chi connectivity index (χ0v) is 16.7. The summed E-state index contributed by atoms with van der Waals surface area (Å²) in [5.74, 6) is 0. The van der Waals surface area contributed by atoms with E-state index in [4.69, 9.17) is 4.74 Å². The minimum Gasteiger partial charge on any atom is -0.443 e. The Hall–Kier alpha value is -2.38. The van der Waals surface area contributed by atoms with Crippen LogP contribution in [0.2, 0.25) is 0 Å². The molecule has 27 heavy (non-hydrogen) atoms. The van der Waals surface area contributed by atoms with E-state index >= 15 is 0 Å². The van der Waals surface area contributed by atoms with Crippen LogP contribution in [0.25, 0.3) is 11.1 Å². The monoisotopic (exact) mass is 390 g/mol. The Balaban J connectivity index is 2.17. The quantitative estimate of drug-likeness (QED) is 0.846. The molecule has 1 atom stereocenters. The van der Waals surface area contributed by atoms with Crippen molar-refractivity contribution >= 4 is 16.1 Å². The molecule has 2 aromatic carbocycles. The molecule has 7 heteroatoms. The number of hydrogen-bond donors (Lipinski definition) is 1. The third kappa shape index (κ3) is 6.08. The number of carbonyl (C=O) groups is 1. The topological polar surface area (TPSA) is 83.9 Å². The van der Waals surface area contributed by atoms with Gasteiger partial charge in [0.15, 0.2) is 0 Å². The van der Waals surface area contributed by atoms with Crippen LogP contribution >= 0.6 is 0 Å². The lowest BCUT2D eigenvalue weighted by Gasteiger charge is -2.27. The van der Waals surface area contributed by atoms with Gasteiger partial charge in [0.2, 0.25) is 10.0 Å². The van der Waals surface area contributed by atoms with E-state index in [0.29, 0.717) is 9.87 Å². The minimum atomic E-state index is -3.90. The third-order valence-electron chi connectivity index (χ3n) is 3.67. The third-order valence-corrected chi connectivity index (χ3v) is 4.77. The lowest BCUT2D eigenvalue weighted by atomic mass is 10.0. The lowest BCUT2D eigenvalue weighted by Crippen LogP contribution is -2.42. The van der Waals surface area contributed by atoms with Gasteiger partial charge in [0.1, 0.15) is 5.60 Å². The molecule has 0 aliphatic rings. The van der Waals surface area contributed by atoms with E-state index in [1.165, 1.54) is 0 Å².